The molecule has 2 rings (SSSR count). The minimum atomic E-state index is -0.646. The van der Waals surface area contributed by atoms with Gasteiger partial charge in [0.1, 0.15) is 5.82 Å². The van der Waals surface area contributed by atoms with Crippen molar-refractivity contribution in [3.05, 3.63) is 66.0 Å². The molecule has 1 amide bonds. The second-order valence-electron chi connectivity index (χ2n) is 4.77. The number of halogens is 1. The zero-order valence-corrected chi connectivity index (χ0v) is 13.8. The molecule has 0 aromatic heterocycles. The molecule has 0 unspecified atom stereocenters. The van der Waals surface area contributed by atoms with Crippen LogP contribution in [0.4, 0.5) is 10.1 Å². The summed E-state index contributed by atoms with van der Waals surface area (Å²) >= 11 is 1.56. The minimum Gasteiger partial charge on any atom is -0.452 e. The number of ether oxygens (including phenoxy) is 1. The third kappa shape index (κ3) is 5.89. The lowest BCUT2D eigenvalue weighted by Crippen LogP contribution is -2.20. The third-order valence-electron chi connectivity index (χ3n) is 2.98. The van der Waals surface area contributed by atoms with Gasteiger partial charge < -0.3 is 10.1 Å². The molecule has 0 bridgehead atoms. The average Bonchev–Trinajstić information content (AvgIpc) is 2.59. The number of anilines is 1. The van der Waals surface area contributed by atoms with Gasteiger partial charge in [0.15, 0.2) is 6.61 Å². The van der Waals surface area contributed by atoms with Crippen molar-refractivity contribution in [1.29, 1.82) is 0 Å². The van der Waals surface area contributed by atoms with Gasteiger partial charge in [0.2, 0.25) is 0 Å². The highest BCUT2D eigenvalue weighted by Gasteiger charge is 2.06. The number of nitrogens with one attached hydrogen (secondary N) is 1. The van der Waals surface area contributed by atoms with E-state index >= 15 is 0 Å². The van der Waals surface area contributed by atoms with Crippen LogP contribution in [0.5, 0.6) is 0 Å². The molecule has 24 heavy (non-hydrogen) atoms. The van der Waals surface area contributed by atoms with Gasteiger partial charge >= 0.3 is 5.97 Å². The fourth-order valence-electron chi connectivity index (χ4n) is 1.82. The normalized spacial score (nSPS) is 10.6. The van der Waals surface area contributed by atoms with Crippen LogP contribution in [0.1, 0.15) is 5.56 Å². The smallest absolute Gasteiger partial charge is 0.331 e. The lowest BCUT2D eigenvalue weighted by molar-refractivity contribution is -0.142. The fraction of sp³-hybridized carbons (Fsp3) is 0.111. The van der Waals surface area contributed by atoms with Crippen molar-refractivity contribution in [3.63, 3.8) is 0 Å². The van der Waals surface area contributed by atoms with Crippen LogP contribution in [-0.4, -0.2) is 24.7 Å². The first-order valence-corrected chi connectivity index (χ1v) is 8.33. The second-order valence-corrected chi connectivity index (χ2v) is 5.65. The Morgan fingerprint density at radius 3 is 2.67 bits per heavy atom. The van der Waals surface area contributed by atoms with Crippen molar-refractivity contribution in [1.82, 2.24) is 0 Å². The number of thioether (sulfide) groups is 1. The molecule has 0 aliphatic heterocycles. The molecule has 0 fully saturated rings. The van der Waals surface area contributed by atoms with Gasteiger partial charge in [0.25, 0.3) is 5.91 Å². The Bertz CT molecular complexity index is 744. The van der Waals surface area contributed by atoms with Gasteiger partial charge in [0, 0.05) is 16.7 Å². The number of esters is 1. The largest absolute Gasteiger partial charge is 0.452 e. The summed E-state index contributed by atoms with van der Waals surface area (Å²) in [4.78, 5) is 24.4. The summed E-state index contributed by atoms with van der Waals surface area (Å²) < 4.78 is 17.6. The summed E-state index contributed by atoms with van der Waals surface area (Å²) in [5, 5.41) is 2.66. The monoisotopic (exact) mass is 345 g/mol. The summed E-state index contributed by atoms with van der Waals surface area (Å²) in [5.74, 6) is -1.42. The summed E-state index contributed by atoms with van der Waals surface area (Å²) in [6.45, 7) is -0.379. The van der Waals surface area contributed by atoms with Gasteiger partial charge in [-0.05, 0) is 48.2 Å². The quantitative estimate of drug-likeness (QED) is 0.492. The maximum Gasteiger partial charge on any atom is 0.331 e. The number of rotatable bonds is 6. The van der Waals surface area contributed by atoms with Crippen molar-refractivity contribution >= 4 is 35.4 Å². The van der Waals surface area contributed by atoms with Crippen LogP contribution in [-0.2, 0) is 14.3 Å². The Balaban J connectivity index is 1.80. The van der Waals surface area contributed by atoms with Crippen molar-refractivity contribution in [3.8, 4) is 0 Å². The zero-order chi connectivity index (χ0) is 17.4. The zero-order valence-electron chi connectivity index (χ0n) is 13.0. The first-order valence-electron chi connectivity index (χ1n) is 7.11. The highest BCUT2D eigenvalue weighted by atomic mass is 32.2. The highest BCUT2D eigenvalue weighted by molar-refractivity contribution is 7.98. The topological polar surface area (TPSA) is 55.4 Å². The summed E-state index contributed by atoms with van der Waals surface area (Å²) in [6, 6.07) is 13.0. The summed E-state index contributed by atoms with van der Waals surface area (Å²) in [5.41, 5.74) is 1.30. The van der Waals surface area contributed by atoms with Crippen LogP contribution in [0.3, 0.4) is 0 Å². The Morgan fingerprint density at radius 1 is 1.21 bits per heavy atom. The Morgan fingerprint density at radius 2 is 1.96 bits per heavy atom. The molecular weight excluding hydrogens is 329 g/mol. The van der Waals surface area contributed by atoms with Crippen LogP contribution >= 0.6 is 11.8 Å². The maximum atomic E-state index is 12.8. The Kier molecular flexibility index (Phi) is 6.57. The molecule has 1 N–H and O–H groups in total. The average molecular weight is 345 g/mol. The van der Waals surface area contributed by atoms with Crippen molar-refractivity contribution in [2.24, 2.45) is 0 Å². The molecule has 0 aliphatic rings. The van der Waals surface area contributed by atoms with E-state index in [1.165, 1.54) is 36.4 Å². The van der Waals surface area contributed by atoms with E-state index in [1.807, 2.05) is 24.5 Å². The van der Waals surface area contributed by atoms with Crippen LogP contribution in [0.15, 0.2) is 59.5 Å². The van der Waals surface area contributed by atoms with Gasteiger partial charge in [0.05, 0.1) is 0 Å². The van der Waals surface area contributed by atoms with Crippen LogP contribution in [0.25, 0.3) is 6.08 Å². The number of benzene rings is 2. The van der Waals surface area contributed by atoms with Crippen molar-refractivity contribution in [2.45, 2.75) is 4.90 Å². The second kappa shape index (κ2) is 8.88. The first kappa shape index (κ1) is 17.7. The predicted molar refractivity (Wildman–Crippen MR) is 93.2 cm³/mol. The lowest BCUT2D eigenvalue weighted by atomic mass is 10.2. The minimum absolute atomic E-state index is 0.350. The van der Waals surface area contributed by atoms with E-state index in [-0.39, 0.29) is 12.4 Å². The van der Waals surface area contributed by atoms with Gasteiger partial charge in [-0.3, -0.25) is 4.79 Å². The van der Waals surface area contributed by atoms with E-state index in [4.69, 9.17) is 4.74 Å². The van der Waals surface area contributed by atoms with Gasteiger partial charge in [-0.2, -0.15) is 0 Å². The molecule has 0 radical (unpaired) electrons. The number of amides is 1. The molecular formula is C18H16FNO3S. The van der Waals surface area contributed by atoms with E-state index in [0.717, 1.165) is 4.90 Å². The Hall–Kier alpha value is -2.60. The SMILES string of the molecule is CSc1cccc(NC(=O)COC(=O)/C=C/c2ccc(F)cc2)c1. The van der Waals surface area contributed by atoms with Crippen LogP contribution < -0.4 is 5.32 Å². The Labute approximate surface area is 143 Å². The number of carbonyl (C=O) groups is 2. The molecule has 0 saturated heterocycles. The molecule has 2 aromatic rings. The maximum absolute atomic E-state index is 12.8. The number of hydrogen-bond donors (Lipinski definition) is 1. The fourth-order valence-corrected chi connectivity index (χ4v) is 2.28. The van der Waals surface area contributed by atoms with E-state index < -0.39 is 11.9 Å². The van der Waals surface area contributed by atoms with Gasteiger partial charge in [-0.25, -0.2) is 9.18 Å². The van der Waals surface area contributed by atoms with E-state index in [1.54, 1.807) is 17.8 Å². The molecule has 4 nitrogen and oxygen atoms in total. The lowest BCUT2D eigenvalue weighted by Gasteiger charge is -2.06. The number of hydrogen-bond acceptors (Lipinski definition) is 4. The van der Waals surface area contributed by atoms with E-state index in [9.17, 15) is 14.0 Å². The van der Waals surface area contributed by atoms with Crippen LogP contribution in [0.2, 0.25) is 0 Å². The predicted octanol–water partition coefficient (Wildman–Crippen LogP) is 3.74. The molecule has 0 aliphatic carbocycles. The molecule has 6 heteroatoms. The van der Waals surface area contributed by atoms with Crippen molar-refractivity contribution in [2.75, 3.05) is 18.2 Å². The molecule has 0 saturated carbocycles. The molecule has 0 spiro atoms. The summed E-state index contributed by atoms with van der Waals surface area (Å²) in [7, 11) is 0. The molecule has 2 aromatic carbocycles. The van der Waals surface area contributed by atoms with Gasteiger partial charge in [-0.1, -0.05) is 18.2 Å². The van der Waals surface area contributed by atoms with Crippen LogP contribution in [0, 0.1) is 5.82 Å². The van der Waals surface area contributed by atoms with Crippen molar-refractivity contribution < 1.29 is 18.7 Å². The highest BCUT2D eigenvalue weighted by Crippen LogP contribution is 2.18. The summed E-state index contributed by atoms with van der Waals surface area (Å²) in [6.07, 6.45) is 4.62. The molecule has 0 heterocycles. The van der Waals surface area contributed by atoms with E-state index in [0.29, 0.717) is 11.3 Å². The molecule has 0 atom stereocenters. The first-order chi connectivity index (χ1) is 11.6. The third-order valence-corrected chi connectivity index (χ3v) is 3.71. The number of carbonyl (C=O) groups excluding carboxylic acids is 2. The standard InChI is InChI=1S/C18H16FNO3S/c1-24-16-4-2-3-15(11-16)20-17(21)12-23-18(22)10-7-13-5-8-14(19)9-6-13/h2-11H,12H2,1H3,(H,20,21)/b10-7+. The van der Waals surface area contributed by atoms with E-state index in [2.05, 4.69) is 5.32 Å². The molecule has 124 valence electrons. The van der Waals surface area contributed by atoms with Gasteiger partial charge in [-0.15, -0.1) is 11.8 Å².